The molecule has 0 spiro atoms. The number of carbonyl (C=O) groups excluding carboxylic acids is 1. The Morgan fingerprint density at radius 3 is 2.84 bits per heavy atom. The third-order valence-corrected chi connectivity index (χ3v) is 4.53. The van der Waals surface area contributed by atoms with E-state index in [9.17, 15) is 9.18 Å². The van der Waals surface area contributed by atoms with Crippen LogP contribution < -0.4 is 5.32 Å². The number of hydrogen-bond acceptors (Lipinski definition) is 4. The van der Waals surface area contributed by atoms with Crippen molar-refractivity contribution < 1.29 is 9.18 Å². The molecule has 1 saturated heterocycles. The Bertz CT molecular complexity index is 733. The molecule has 0 saturated carbocycles. The molecule has 3 rings (SSSR count). The third-order valence-electron chi connectivity index (χ3n) is 4.18. The molecule has 2 aromatic rings. The summed E-state index contributed by atoms with van der Waals surface area (Å²) in [6, 6.07) is 4.42. The Kier molecular flexibility index (Phi) is 6.75. The van der Waals surface area contributed by atoms with Gasteiger partial charge in [0.2, 0.25) is 0 Å². The van der Waals surface area contributed by atoms with Gasteiger partial charge in [-0.3, -0.25) is 4.79 Å². The summed E-state index contributed by atoms with van der Waals surface area (Å²) in [4.78, 5) is 14.0. The molecule has 0 bridgehead atoms. The highest BCUT2D eigenvalue weighted by molar-refractivity contribution is 6.31. The SMILES string of the molecule is CN(Cc1ccc(F)cc1Cl)C(=O)c1cn(C2CCNCC2)nn1.Cl. The van der Waals surface area contributed by atoms with Crippen LogP contribution >= 0.6 is 24.0 Å². The highest BCUT2D eigenvalue weighted by Gasteiger charge is 2.21. The minimum atomic E-state index is -0.400. The van der Waals surface area contributed by atoms with Crippen molar-refractivity contribution in [1.29, 1.82) is 0 Å². The molecule has 6 nitrogen and oxygen atoms in total. The molecule has 1 amide bonds. The molecule has 1 aromatic carbocycles. The van der Waals surface area contributed by atoms with Crippen molar-refractivity contribution >= 4 is 29.9 Å². The lowest BCUT2D eigenvalue weighted by atomic mass is 10.1. The zero-order valence-electron chi connectivity index (χ0n) is 13.8. The maximum Gasteiger partial charge on any atom is 0.276 e. The van der Waals surface area contributed by atoms with E-state index in [0.29, 0.717) is 16.3 Å². The molecule has 2 heterocycles. The number of halogens is 3. The van der Waals surface area contributed by atoms with Crippen LogP contribution in [0.5, 0.6) is 0 Å². The second-order valence-electron chi connectivity index (χ2n) is 5.96. The predicted octanol–water partition coefficient (Wildman–Crippen LogP) is 2.69. The molecule has 25 heavy (non-hydrogen) atoms. The molecular formula is C16H20Cl2FN5O. The van der Waals surface area contributed by atoms with Gasteiger partial charge < -0.3 is 10.2 Å². The number of nitrogens with one attached hydrogen (secondary N) is 1. The molecule has 0 atom stereocenters. The van der Waals surface area contributed by atoms with E-state index in [-0.39, 0.29) is 30.9 Å². The highest BCUT2D eigenvalue weighted by Crippen LogP contribution is 2.20. The Hall–Kier alpha value is -1.70. The Labute approximate surface area is 156 Å². The van der Waals surface area contributed by atoms with E-state index in [0.717, 1.165) is 25.9 Å². The quantitative estimate of drug-likeness (QED) is 0.875. The second kappa shape index (κ2) is 8.60. The first-order valence-corrected chi connectivity index (χ1v) is 8.24. The Morgan fingerprint density at radius 2 is 2.16 bits per heavy atom. The second-order valence-corrected chi connectivity index (χ2v) is 6.37. The summed E-state index contributed by atoms with van der Waals surface area (Å²) in [5.74, 6) is -0.641. The number of aromatic nitrogens is 3. The molecule has 1 aliphatic rings. The van der Waals surface area contributed by atoms with E-state index in [1.807, 2.05) is 0 Å². The number of carbonyl (C=O) groups is 1. The number of nitrogens with zero attached hydrogens (tertiary/aromatic N) is 4. The summed E-state index contributed by atoms with van der Waals surface area (Å²) in [5, 5.41) is 11.7. The minimum Gasteiger partial charge on any atom is -0.336 e. The summed E-state index contributed by atoms with van der Waals surface area (Å²) in [7, 11) is 1.66. The molecule has 0 unspecified atom stereocenters. The van der Waals surface area contributed by atoms with Crippen LogP contribution in [0.3, 0.4) is 0 Å². The van der Waals surface area contributed by atoms with Gasteiger partial charge in [-0.25, -0.2) is 9.07 Å². The first-order valence-electron chi connectivity index (χ1n) is 7.86. The molecule has 0 aliphatic carbocycles. The zero-order chi connectivity index (χ0) is 17.1. The normalized spacial score (nSPS) is 14.8. The van der Waals surface area contributed by atoms with Crippen LogP contribution in [-0.4, -0.2) is 45.9 Å². The van der Waals surface area contributed by atoms with Gasteiger partial charge in [0.15, 0.2) is 5.69 Å². The summed E-state index contributed by atoms with van der Waals surface area (Å²) < 4.78 is 14.9. The lowest BCUT2D eigenvalue weighted by Gasteiger charge is -2.22. The van der Waals surface area contributed by atoms with Gasteiger partial charge >= 0.3 is 0 Å². The molecule has 1 aromatic heterocycles. The van der Waals surface area contributed by atoms with Gasteiger partial charge in [-0.15, -0.1) is 17.5 Å². The van der Waals surface area contributed by atoms with Crippen molar-refractivity contribution in [2.75, 3.05) is 20.1 Å². The number of piperidine rings is 1. The van der Waals surface area contributed by atoms with Crippen LogP contribution in [0.25, 0.3) is 0 Å². The van der Waals surface area contributed by atoms with Crippen LogP contribution in [0.4, 0.5) is 4.39 Å². The van der Waals surface area contributed by atoms with Crippen molar-refractivity contribution in [2.24, 2.45) is 0 Å². The number of rotatable bonds is 4. The minimum absolute atomic E-state index is 0. The van der Waals surface area contributed by atoms with Crippen molar-refractivity contribution in [1.82, 2.24) is 25.2 Å². The average Bonchev–Trinajstić information content (AvgIpc) is 3.07. The van der Waals surface area contributed by atoms with Crippen LogP contribution in [0.1, 0.15) is 34.9 Å². The smallest absolute Gasteiger partial charge is 0.276 e. The van der Waals surface area contributed by atoms with Crippen molar-refractivity contribution in [3.63, 3.8) is 0 Å². The topological polar surface area (TPSA) is 63.1 Å². The van der Waals surface area contributed by atoms with Gasteiger partial charge in [0.1, 0.15) is 5.82 Å². The van der Waals surface area contributed by atoms with E-state index < -0.39 is 5.82 Å². The third kappa shape index (κ3) is 4.68. The number of hydrogen-bond donors (Lipinski definition) is 1. The zero-order valence-corrected chi connectivity index (χ0v) is 15.4. The van der Waals surface area contributed by atoms with Gasteiger partial charge in [0.05, 0.1) is 12.2 Å². The molecule has 1 aliphatic heterocycles. The van der Waals surface area contributed by atoms with E-state index in [4.69, 9.17) is 11.6 Å². The van der Waals surface area contributed by atoms with Crippen molar-refractivity contribution in [3.05, 3.63) is 46.5 Å². The molecule has 1 fully saturated rings. The fraction of sp³-hybridized carbons (Fsp3) is 0.438. The maximum absolute atomic E-state index is 13.1. The number of amides is 1. The lowest BCUT2D eigenvalue weighted by molar-refractivity contribution is 0.0779. The van der Waals surface area contributed by atoms with E-state index >= 15 is 0 Å². The first kappa shape index (κ1) is 19.6. The standard InChI is InChI=1S/C16H19ClFN5O.ClH/c1-22(9-11-2-3-12(18)8-14(11)17)16(24)15-10-23(21-20-15)13-4-6-19-7-5-13;/h2-3,8,10,13,19H,4-7,9H2,1H3;1H. The molecule has 136 valence electrons. The maximum atomic E-state index is 13.1. The van der Waals surface area contributed by atoms with E-state index in [1.54, 1.807) is 24.0 Å². The first-order chi connectivity index (χ1) is 11.5. The lowest BCUT2D eigenvalue weighted by Crippen LogP contribution is -2.29. The van der Waals surface area contributed by atoms with Crippen LogP contribution in [0.2, 0.25) is 5.02 Å². The summed E-state index contributed by atoms with van der Waals surface area (Å²) in [6.45, 7) is 2.16. The van der Waals surface area contributed by atoms with Gasteiger partial charge in [-0.2, -0.15) is 0 Å². The van der Waals surface area contributed by atoms with Crippen LogP contribution in [0, 0.1) is 5.82 Å². The summed E-state index contributed by atoms with van der Waals surface area (Å²) in [6.07, 6.45) is 3.64. The van der Waals surface area contributed by atoms with E-state index in [1.165, 1.54) is 17.0 Å². The monoisotopic (exact) mass is 387 g/mol. The molecule has 0 radical (unpaired) electrons. The fourth-order valence-electron chi connectivity index (χ4n) is 2.80. The van der Waals surface area contributed by atoms with Gasteiger partial charge in [0, 0.05) is 18.6 Å². The predicted molar refractivity (Wildman–Crippen MR) is 95.6 cm³/mol. The average molecular weight is 388 g/mol. The van der Waals surface area contributed by atoms with Gasteiger partial charge in [-0.05, 0) is 43.6 Å². The fourth-order valence-corrected chi connectivity index (χ4v) is 3.02. The van der Waals surface area contributed by atoms with Crippen LogP contribution in [0.15, 0.2) is 24.4 Å². The number of benzene rings is 1. The summed E-state index contributed by atoms with van der Waals surface area (Å²) >= 11 is 6.01. The Balaban J connectivity index is 0.00000225. The van der Waals surface area contributed by atoms with Crippen molar-refractivity contribution in [3.8, 4) is 0 Å². The highest BCUT2D eigenvalue weighted by atomic mass is 35.5. The largest absolute Gasteiger partial charge is 0.336 e. The van der Waals surface area contributed by atoms with Crippen molar-refractivity contribution in [2.45, 2.75) is 25.4 Å². The summed E-state index contributed by atoms with van der Waals surface area (Å²) in [5.41, 5.74) is 0.980. The van der Waals surface area contributed by atoms with Gasteiger partial charge in [0.25, 0.3) is 5.91 Å². The molecular weight excluding hydrogens is 368 g/mol. The molecule has 9 heteroatoms. The van der Waals surface area contributed by atoms with E-state index in [2.05, 4.69) is 15.6 Å². The van der Waals surface area contributed by atoms with Gasteiger partial charge in [-0.1, -0.05) is 22.9 Å². The Morgan fingerprint density at radius 1 is 1.44 bits per heavy atom. The van der Waals surface area contributed by atoms with Crippen LogP contribution in [-0.2, 0) is 6.54 Å². The molecule has 1 N–H and O–H groups in total.